The number of nitrogens with two attached hydrogens (primary N) is 2. The number of nitrogens with one attached hydrogen (secondary N) is 1. The Bertz CT molecular complexity index is 646. The molecule has 0 aliphatic rings. The van der Waals surface area contributed by atoms with E-state index in [-0.39, 0.29) is 22.0 Å². The van der Waals surface area contributed by atoms with E-state index in [0.717, 1.165) is 0 Å². The van der Waals surface area contributed by atoms with Crippen LogP contribution in [0.1, 0.15) is 10.4 Å². The third-order valence-corrected chi connectivity index (χ3v) is 2.84. The number of benzene rings is 2. The number of hydrogen-bond acceptors (Lipinski definition) is 3. The van der Waals surface area contributed by atoms with Crippen LogP contribution in [0.4, 0.5) is 21.5 Å². The molecule has 0 bridgehead atoms. The molecule has 0 saturated carbocycles. The molecule has 0 unspecified atom stereocenters. The minimum absolute atomic E-state index is 0.00979. The monoisotopic (exact) mass is 279 g/mol. The molecule has 4 nitrogen and oxygen atoms in total. The topological polar surface area (TPSA) is 81.1 Å². The van der Waals surface area contributed by atoms with E-state index in [9.17, 15) is 9.18 Å². The van der Waals surface area contributed by atoms with Crippen LogP contribution in [0.25, 0.3) is 0 Å². The highest BCUT2D eigenvalue weighted by Crippen LogP contribution is 2.26. The minimum atomic E-state index is -0.646. The van der Waals surface area contributed by atoms with Crippen molar-refractivity contribution in [1.82, 2.24) is 0 Å². The van der Waals surface area contributed by atoms with Gasteiger partial charge in [-0.05, 0) is 30.3 Å². The largest absolute Gasteiger partial charge is 0.398 e. The Balaban J connectivity index is 2.36. The first-order valence-electron chi connectivity index (χ1n) is 5.39. The lowest BCUT2D eigenvalue weighted by atomic mass is 10.1. The Labute approximate surface area is 114 Å². The van der Waals surface area contributed by atoms with Gasteiger partial charge in [-0.1, -0.05) is 17.7 Å². The van der Waals surface area contributed by atoms with E-state index in [1.165, 1.54) is 24.3 Å². The van der Waals surface area contributed by atoms with Crippen molar-refractivity contribution in [2.24, 2.45) is 5.73 Å². The van der Waals surface area contributed by atoms with Crippen molar-refractivity contribution >= 4 is 34.6 Å². The van der Waals surface area contributed by atoms with Gasteiger partial charge in [-0.3, -0.25) is 4.79 Å². The van der Waals surface area contributed by atoms with Crippen LogP contribution >= 0.6 is 11.6 Å². The first kappa shape index (κ1) is 13.2. The molecule has 0 radical (unpaired) electrons. The van der Waals surface area contributed by atoms with E-state index in [2.05, 4.69) is 5.32 Å². The molecule has 0 aliphatic carbocycles. The fraction of sp³-hybridized carbons (Fsp3) is 0. The predicted molar refractivity (Wildman–Crippen MR) is 74.1 cm³/mol. The van der Waals surface area contributed by atoms with Gasteiger partial charge in [0, 0.05) is 11.4 Å². The maximum atomic E-state index is 13.7. The third kappa shape index (κ3) is 2.77. The summed E-state index contributed by atoms with van der Waals surface area (Å²) in [5.41, 5.74) is 11.9. The fourth-order valence-corrected chi connectivity index (χ4v) is 1.78. The molecule has 0 fully saturated rings. The summed E-state index contributed by atoms with van der Waals surface area (Å²) in [6, 6.07) is 9.17. The van der Waals surface area contributed by atoms with Crippen LogP contribution in [0.5, 0.6) is 0 Å². The van der Waals surface area contributed by atoms with Crippen LogP contribution in [0.2, 0.25) is 5.02 Å². The van der Waals surface area contributed by atoms with Crippen molar-refractivity contribution in [3.63, 3.8) is 0 Å². The lowest BCUT2D eigenvalue weighted by Crippen LogP contribution is -2.13. The Morgan fingerprint density at radius 3 is 2.68 bits per heavy atom. The summed E-state index contributed by atoms with van der Waals surface area (Å²) in [6.07, 6.45) is 0. The summed E-state index contributed by atoms with van der Waals surface area (Å²) in [4.78, 5) is 11.2. The predicted octanol–water partition coefficient (Wildman–Crippen LogP) is 2.90. The van der Waals surface area contributed by atoms with Crippen molar-refractivity contribution in [1.29, 1.82) is 0 Å². The quantitative estimate of drug-likeness (QED) is 0.756. The molecule has 0 aromatic heterocycles. The summed E-state index contributed by atoms with van der Waals surface area (Å²) < 4.78 is 13.7. The minimum Gasteiger partial charge on any atom is -0.398 e. The standard InChI is InChI=1S/C13H11ClFN3O/c14-9-2-1-3-11(12(9)15)18-7-4-5-10(16)8(6-7)13(17)19/h1-6,18H,16H2,(H2,17,19). The molecule has 6 heteroatoms. The number of carbonyl (C=O) groups excluding carboxylic acids is 1. The molecule has 0 saturated heterocycles. The highest BCUT2D eigenvalue weighted by Gasteiger charge is 2.09. The first-order chi connectivity index (χ1) is 8.99. The molecule has 0 spiro atoms. The van der Waals surface area contributed by atoms with E-state index < -0.39 is 11.7 Å². The molecule has 0 aliphatic heterocycles. The van der Waals surface area contributed by atoms with Crippen LogP contribution in [0.3, 0.4) is 0 Å². The van der Waals surface area contributed by atoms with Crippen LogP contribution in [0, 0.1) is 5.82 Å². The van der Waals surface area contributed by atoms with Gasteiger partial charge in [-0.15, -0.1) is 0 Å². The average molecular weight is 280 g/mol. The first-order valence-corrected chi connectivity index (χ1v) is 5.77. The summed E-state index contributed by atoms with van der Waals surface area (Å²) in [5.74, 6) is -1.21. The smallest absolute Gasteiger partial charge is 0.250 e. The highest BCUT2D eigenvalue weighted by molar-refractivity contribution is 6.31. The van der Waals surface area contributed by atoms with Crippen LogP contribution in [0.15, 0.2) is 36.4 Å². The summed E-state index contributed by atoms with van der Waals surface area (Å²) in [6.45, 7) is 0. The summed E-state index contributed by atoms with van der Waals surface area (Å²) in [7, 11) is 0. The van der Waals surface area contributed by atoms with Crippen molar-refractivity contribution in [3.8, 4) is 0 Å². The van der Waals surface area contributed by atoms with E-state index in [1.54, 1.807) is 12.1 Å². The molecular formula is C13H11ClFN3O. The zero-order chi connectivity index (χ0) is 14.0. The number of primary amides is 1. The van der Waals surface area contributed by atoms with Gasteiger partial charge in [-0.2, -0.15) is 0 Å². The second-order valence-electron chi connectivity index (χ2n) is 3.89. The fourth-order valence-electron chi connectivity index (χ4n) is 1.60. The van der Waals surface area contributed by atoms with E-state index in [4.69, 9.17) is 23.1 Å². The van der Waals surface area contributed by atoms with E-state index in [1.807, 2.05) is 0 Å². The van der Waals surface area contributed by atoms with Crippen molar-refractivity contribution < 1.29 is 9.18 Å². The molecule has 0 atom stereocenters. The summed E-state index contributed by atoms with van der Waals surface area (Å²) in [5, 5.41) is 2.82. The molecule has 19 heavy (non-hydrogen) atoms. The van der Waals surface area contributed by atoms with Gasteiger partial charge in [0.05, 0.1) is 16.3 Å². The maximum absolute atomic E-state index is 13.7. The molecule has 2 aromatic rings. The molecule has 1 amide bonds. The number of amides is 1. The number of rotatable bonds is 3. The number of anilines is 3. The Morgan fingerprint density at radius 1 is 1.26 bits per heavy atom. The lowest BCUT2D eigenvalue weighted by Gasteiger charge is -2.10. The van der Waals surface area contributed by atoms with Crippen LogP contribution in [-0.2, 0) is 0 Å². The van der Waals surface area contributed by atoms with Gasteiger partial charge in [0.1, 0.15) is 0 Å². The van der Waals surface area contributed by atoms with E-state index >= 15 is 0 Å². The number of hydrogen-bond donors (Lipinski definition) is 3. The maximum Gasteiger partial charge on any atom is 0.250 e. The van der Waals surface area contributed by atoms with Gasteiger partial charge in [0.15, 0.2) is 5.82 Å². The SMILES string of the molecule is NC(=O)c1cc(Nc2cccc(Cl)c2F)ccc1N. The highest BCUT2D eigenvalue weighted by atomic mass is 35.5. The van der Waals surface area contributed by atoms with Crippen molar-refractivity contribution in [2.45, 2.75) is 0 Å². The Hall–Kier alpha value is -2.27. The molecule has 0 heterocycles. The van der Waals surface area contributed by atoms with Gasteiger partial charge in [-0.25, -0.2) is 4.39 Å². The van der Waals surface area contributed by atoms with Crippen molar-refractivity contribution in [2.75, 3.05) is 11.1 Å². The second kappa shape index (κ2) is 5.16. The molecule has 2 aromatic carbocycles. The normalized spacial score (nSPS) is 10.2. The summed E-state index contributed by atoms with van der Waals surface area (Å²) >= 11 is 5.68. The van der Waals surface area contributed by atoms with Gasteiger partial charge in [0.2, 0.25) is 0 Å². The van der Waals surface area contributed by atoms with Gasteiger partial charge in [0.25, 0.3) is 5.91 Å². The van der Waals surface area contributed by atoms with Gasteiger partial charge < -0.3 is 16.8 Å². The second-order valence-corrected chi connectivity index (χ2v) is 4.30. The Morgan fingerprint density at radius 2 is 2.00 bits per heavy atom. The zero-order valence-electron chi connectivity index (χ0n) is 9.78. The lowest BCUT2D eigenvalue weighted by molar-refractivity contribution is 0.100. The zero-order valence-corrected chi connectivity index (χ0v) is 10.5. The molecule has 5 N–H and O–H groups in total. The van der Waals surface area contributed by atoms with Crippen molar-refractivity contribution in [3.05, 3.63) is 52.8 Å². The number of carbonyl (C=O) groups is 1. The molecule has 98 valence electrons. The number of nitrogen functional groups attached to an aromatic ring is 1. The molecule has 2 rings (SSSR count). The van der Waals surface area contributed by atoms with Crippen LogP contribution < -0.4 is 16.8 Å². The van der Waals surface area contributed by atoms with Gasteiger partial charge >= 0.3 is 0 Å². The van der Waals surface area contributed by atoms with Crippen LogP contribution in [-0.4, -0.2) is 5.91 Å². The molecular weight excluding hydrogens is 269 g/mol. The van der Waals surface area contributed by atoms with E-state index in [0.29, 0.717) is 5.69 Å². The third-order valence-electron chi connectivity index (χ3n) is 2.55. The average Bonchev–Trinajstić information content (AvgIpc) is 2.37. The Kier molecular flexibility index (Phi) is 3.57. The number of halogens is 2.